The van der Waals surface area contributed by atoms with Crippen LogP contribution in [0.4, 0.5) is 9.59 Å². The van der Waals surface area contributed by atoms with Crippen LogP contribution in [0.3, 0.4) is 0 Å². The number of amides is 2. The number of rotatable bonds is 28. The first kappa shape index (κ1) is 55.5. The van der Waals surface area contributed by atoms with Gasteiger partial charge in [-0.1, -0.05) is 35.3 Å². The third-order valence-corrected chi connectivity index (χ3v) is 12.8. The van der Waals surface area contributed by atoms with Gasteiger partial charge in [-0.2, -0.15) is 0 Å². The molecule has 4 unspecified atom stereocenters. The van der Waals surface area contributed by atoms with Crippen molar-refractivity contribution in [3.8, 4) is 17.4 Å². The maximum Gasteiger partial charge on any atom is 0.508 e. The molecule has 2 amide bonds. The van der Waals surface area contributed by atoms with Crippen LogP contribution in [-0.2, 0) is 44.7 Å². The zero-order valence-corrected chi connectivity index (χ0v) is 41.3. The van der Waals surface area contributed by atoms with Gasteiger partial charge in [0.2, 0.25) is 11.8 Å². The highest BCUT2D eigenvalue weighted by Crippen LogP contribution is 2.52. The van der Waals surface area contributed by atoms with Crippen LogP contribution in [0.5, 0.6) is 17.4 Å². The SMILES string of the molecule is Cc1cc(Cl)c(OCCOc2ccc(C3CC4CNCC(N4C(=O)OCCOCCON(O)O)C3(C)C(=O)N(Cc3ccnc(OCCOC(=O)OCCOCCON(O)O)c3C)C3CC3)cc2)c(Cl)c1. The van der Waals surface area contributed by atoms with Crippen molar-refractivity contribution in [2.24, 2.45) is 5.41 Å². The van der Waals surface area contributed by atoms with Crippen LogP contribution in [0.2, 0.25) is 10.0 Å². The lowest BCUT2D eigenvalue weighted by Crippen LogP contribution is -2.72. The van der Waals surface area contributed by atoms with E-state index in [9.17, 15) is 9.59 Å². The van der Waals surface area contributed by atoms with Gasteiger partial charge in [-0.3, -0.25) is 30.5 Å². The summed E-state index contributed by atoms with van der Waals surface area (Å²) >= 11 is 12.7. The van der Waals surface area contributed by atoms with Gasteiger partial charge in [0.15, 0.2) is 5.75 Å². The van der Waals surface area contributed by atoms with Crippen molar-refractivity contribution in [1.82, 2.24) is 30.9 Å². The summed E-state index contributed by atoms with van der Waals surface area (Å²) < 4.78 is 44.2. The monoisotopic (exact) mass is 1040 g/mol. The van der Waals surface area contributed by atoms with Crippen molar-refractivity contribution < 1.29 is 82.8 Å². The first-order valence-corrected chi connectivity index (χ1v) is 23.8. The molecule has 1 saturated carbocycles. The number of aromatic nitrogens is 1. The molecule has 1 aromatic heterocycles. The topological polar surface area (TPSA) is 262 Å². The molecular formula is C46H62Cl2N6O17. The lowest BCUT2D eigenvalue weighted by Gasteiger charge is -2.58. The quantitative estimate of drug-likeness (QED) is 0.0341. The van der Waals surface area contributed by atoms with E-state index in [1.54, 1.807) is 23.2 Å². The number of piperidine rings is 1. The number of aryl methyl sites for hydroxylation is 1. The van der Waals surface area contributed by atoms with Crippen LogP contribution < -0.4 is 19.5 Å². The van der Waals surface area contributed by atoms with Crippen molar-refractivity contribution >= 4 is 41.4 Å². The van der Waals surface area contributed by atoms with E-state index in [0.29, 0.717) is 52.5 Å². The average molecular weight is 1040 g/mol. The number of carbonyl (C=O) groups excluding carboxylic acids is 3. The molecule has 23 nitrogen and oxygen atoms in total. The van der Waals surface area contributed by atoms with Crippen molar-refractivity contribution in [3.63, 3.8) is 0 Å². The maximum atomic E-state index is 15.7. The number of carbonyl (C=O) groups is 3. The molecule has 3 aliphatic rings. The van der Waals surface area contributed by atoms with E-state index in [-0.39, 0.29) is 110 Å². The molecule has 2 bridgehead atoms. The second-order valence-corrected chi connectivity index (χ2v) is 17.8. The molecule has 4 atom stereocenters. The van der Waals surface area contributed by atoms with E-state index in [0.717, 1.165) is 29.5 Å². The molecular weight excluding hydrogens is 979 g/mol. The molecule has 3 aromatic rings. The zero-order chi connectivity index (χ0) is 50.9. The van der Waals surface area contributed by atoms with Gasteiger partial charge in [-0.25, -0.2) is 24.2 Å². The Labute approximate surface area is 420 Å². The fraction of sp³-hybridized carbons (Fsp3) is 0.565. The Kier molecular flexibility index (Phi) is 21.3. The van der Waals surface area contributed by atoms with Crippen LogP contribution in [0.1, 0.15) is 54.4 Å². The number of piperazine rings is 1. The molecule has 2 aromatic carbocycles. The number of hydrogen-bond donors (Lipinski definition) is 5. The van der Waals surface area contributed by atoms with E-state index in [2.05, 4.69) is 20.0 Å². The van der Waals surface area contributed by atoms with Gasteiger partial charge in [0.25, 0.3) is 0 Å². The fourth-order valence-corrected chi connectivity index (χ4v) is 9.39. The second-order valence-electron chi connectivity index (χ2n) is 17.0. The van der Waals surface area contributed by atoms with Gasteiger partial charge >= 0.3 is 12.2 Å². The minimum Gasteiger partial charge on any atom is -0.490 e. The molecule has 6 rings (SSSR count). The number of benzene rings is 2. The van der Waals surface area contributed by atoms with Crippen molar-refractivity contribution in [3.05, 3.63) is 81.0 Å². The zero-order valence-electron chi connectivity index (χ0n) is 39.7. The molecule has 25 heteroatoms. The number of nitrogens with zero attached hydrogens (tertiary/aromatic N) is 5. The number of fused-ring (bicyclic) bond motifs is 2. The van der Waals surface area contributed by atoms with Gasteiger partial charge < -0.3 is 48.1 Å². The van der Waals surface area contributed by atoms with Gasteiger partial charge in [-0.15, -0.1) is 0 Å². The largest absolute Gasteiger partial charge is 0.508 e. The first-order valence-electron chi connectivity index (χ1n) is 23.1. The minimum atomic E-state index is -1.17. The Morgan fingerprint density at radius 2 is 1.35 bits per heavy atom. The predicted octanol–water partition coefficient (Wildman–Crippen LogP) is 5.52. The Morgan fingerprint density at radius 1 is 0.761 bits per heavy atom. The highest BCUT2D eigenvalue weighted by Gasteiger charge is 2.60. The smallest absolute Gasteiger partial charge is 0.490 e. The summed E-state index contributed by atoms with van der Waals surface area (Å²) in [6.07, 6.45) is 2.13. The van der Waals surface area contributed by atoms with Gasteiger partial charge in [0.05, 0.1) is 71.9 Å². The van der Waals surface area contributed by atoms with Crippen LogP contribution >= 0.6 is 23.2 Å². The maximum absolute atomic E-state index is 15.7. The third-order valence-electron chi connectivity index (χ3n) is 12.2. The summed E-state index contributed by atoms with van der Waals surface area (Å²) in [6.45, 7) is 6.59. The molecule has 3 heterocycles. The van der Waals surface area contributed by atoms with E-state index in [1.165, 1.54) is 0 Å². The normalized spacial score (nSPS) is 19.6. The van der Waals surface area contributed by atoms with E-state index >= 15 is 4.79 Å². The predicted molar refractivity (Wildman–Crippen MR) is 247 cm³/mol. The lowest BCUT2D eigenvalue weighted by atomic mass is 9.61. The Hall–Kier alpha value is -4.86. The number of pyridine rings is 1. The van der Waals surface area contributed by atoms with Gasteiger partial charge in [0, 0.05) is 49.4 Å². The number of hydrogen-bond acceptors (Lipinski definition) is 21. The molecule has 1 aliphatic carbocycles. The first-order chi connectivity index (χ1) is 34.2. The molecule has 5 N–H and O–H groups in total. The summed E-state index contributed by atoms with van der Waals surface area (Å²) in [4.78, 5) is 58.7. The number of nitrogens with one attached hydrogen (secondary N) is 1. The number of ether oxygens (including phenoxy) is 8. The highest BCUT2D eigenvalue weighted by atomic mass is 35.5. The van der Waals surface area contributed by atoms with E-state index in [1.807, 2.05) is 56.0 Å². The van der Waals surface area contributed by atoms with Crippen molar-refractivity contribution in [1.29, 1.82) is 0 Å². The summed E-state index contributed by atoms with van der Waals surface area (Å²) in [5.74, 6) is 0.817. The second kappa shape index (κ2) is 27.3. The Balaban J connectivity index is 1.14. The molecule has 3 fully saturated rings. The summed E-state index contributed by atoms with van der Waals surface area (Å²) in [5, 5.41) is 38.0. The third kappa shape index (κ3) is 15.8. The Morgan fingerprint density at radius 3 is 1.99 bits per heavy atom. The summed E-state index contributed by atoms with van der Waals surface area (Å²) in [7, 11) is 0. The highest BCUT2D eigenvalue weighted by molar-refractivity contribution is 6.37. The van der Waals surface area contributed by atoms with E-state index in [4.69, 9.17) is 81.9 Å². The molecule has 2 aliphatic heterocycles. The molecule has 71 heavy (non-hydrogen) atoms. The lowest BCUT2D eigenvalue weighted by molar-refractivity contribution is -0.493. The van der Waals surface area contributed by atoms with Crippen LogP contribution in [0, 0.1) is 19.3 Å². The average Bonchev–Trinajstić information content (AvgIpc) is 4.18. The standard InChI is InChI=1S/C46H62Cl2N6O17/c1-30-24-38(47)41(39(48)25-30)65-19-18-64-36-8-4-32(5-9-36)37-26-35-27-49-28-40(52(35)44(56)67-16-12-62-14-22-70-53(58)59)46(37,3)43(55)51(34-6-7-34)29-33-10-11-50-42(31(33)2)66-20-21-69-45(57)68-17-13-63-15-23-71-54(60)61/h4-5,8-11,24-25,34-35,37,40,49,58-61H,6-7,12-23,26-29H2,1-3H3. The molecule has 0 radical (unpaired) electrons. The van der Waals surface area contributed by atoms with Gasteiger partial charge in [-0.05, 0) is 87.1 Å². The summed E-state index contributed by atoms with van der Waals surface area (Å²) in [5.41, 5.74) is 2.14. The fourth-order valence-electron chi connectivity index (χ4n) is 8.69. The van der Waals surface area contributed by atoms with Crippen LogP contribution in [-0.4, -0.2) is 175 Å². The molecule has 2 saturated heterocycles. The van der Waals surface area contributed by atoms with Crippen LogP contribution in [0.25, 0.3) is 0 Å². The van der Waals surface area contributed by atoms with Crippen molar-refractivity contribution in [2.45, 2.75) is 70.6 Å². The van der Waals surface area contributed by atoms with Crippen molar-refractivity contribution in [2.75, 3.05) is 92.4 Å². The molecule has 0 spiro atoms. The number of halogens is 2. The Bertz CT molecular complexity index is 2170. The van der Waals surface area contributed by atoms with E-state index < -0.39 is 34.5 Å². The van der Waals surface area contributed by atoms with Crippen LogP contribution in [0.15, 0.2) is 48.7 Å². The molecule has 392 valence electrons. The van der Waals surface area contributed by atoms with Gasteiger partial charge in [0.1, 0.15) is 45.4 Å². The minimum absolute atomic E-state index is 0.0137. The summed E-state index contributed by atoms with van der Waals surface area (Å²) in [6, 6.07) is 12.0.